The maximum Gasteiger partial charge on any atom is 0.337 e. The van der Waals surface area contributed by atoms with Crippen LogP contribution < -0.4 is 15.4 Å². The molecule has 398 valence electrons. The summed E-state index contributed by atoms with van der Waals surface area (Å²) in [5.41, 5.74) is 8.23. The van der Waals surface area contributed by atoms with E-state index < -0.39 is 65.3 Å². The van der Waals surface area contributed by atoms with E-state index in [1.54, 1.807) is 11.7 Å². The quantitative estimate of drug-likeness (QED) is 0.0748. The highest BCUT2D eigenvalue weighted by Gasteiger charge is 2.69. The molecule has 0 amide bonds. The number of nitrogens with zero attached hydrogens (tertiary/aromatic N) is 7. The molecule has 0 bridgehead atoms. The van der Waals surface area contributed by atoms with Crippen LogP contribution in [-0.4, -0.2) is 135 Å². The van der Waals surface area contributed by atoms with Crippen LogP contribution in [0.25, 0.3) is 22.1 Å². The molecule has 7 aliphatic heterocycles. The Morgan fingerprint density at radius 3 is 2.50 bits per heavy atom. The molecule has 3 aromatic heterocycles. The lowest BCUT2D eigenvalue weighted by Gasteiger charge is -2.57. The van der Waals surface area contributed by atoms with E-state index in [4.69, 9.17) is 38.4 Å². The maximum absolute atomic E-state index is 15.0. The van der Waals surface area contributed by atoms with E-state index in [0.29, 0.717) is 35.0 Å². The van der Waals surface area contributed by atoms with Crippen LogP contribution in [0, 0.1) is 10.8 Å². The highest BCUT2D eigenvalue weighted by Crippen LogP contribution is 2.67. The third-order valence-corrected chi connectivity index (χ3v) is 18.8. The Balaban J connectivity index is 0.951. The first-order chi connectivity index (χ1) is 36.8. The number of piperidine rings is 1. The Kier molecular flexibility index (Phi) is 11.5. The number of hydrogen-bond donors (Lipinski definition) is 2. The van der Waals surface area contributed by atoms with Gasteiger partial charge >= 0.3 is 23.9 Å². The van der Waals surface area contributed by atoms with Crippen molar-refractivity contribution in [1.82, 2.24) is 33.9 Å². The third kappa shape index (κ3) is 6.79. The van der Waals surface area contributed by atoms with Crippen molar-refractivity contribution < 1.29 is 47.6 Å². The number of methoxy groups -OCH3 is 2. The van der Waals surface area contributed by atoms with E-state index in [-0.39, 0.29) is 24.1 Å². The minimum Gasteiger partial charge on any atom is -0.496 e. The van der Waals surface area contributed by atoms with Crippen LogP contribution >= 0.6 is 0 Å². The number of aromatic nitrogens is 5. The van der Waals surface area contributed by atoms with Crippen molar-refractivity contribution in [2.45, 2.75) is 134 Å². The molecule has 10 heterocycles. The number of para-hydroxylation sites is 1. The van der Waals surface area contributed by atoms with Crippen molar-refractivity contribution in [3.05, 3.63) is 94.9 Å². The fraction of sp³-hybridized carbons (Fsp3) is 0.526. The molecule has 2 aromatic carbocycles. The smallest absolute Gasteiger partial charge is 0.337 e. The molecule has 0 unspecified atom stereocenters. The summed E-state index contributed by atoms with van der Waals surface area (Å²) < 4.78 is 39.8. The molecular formula is C57H65N9O10. The summed E-state index contributed by atoms with van der Waals surface area (Å²) in [6.45, 7) is 11.8. The zero-order valence-corrected chi connectivity index (χ0v) is 44.1. The summed E-state index contributed by atoms with van der Waals surface area (Å²) in [7, 11) is 3.21. The molecule has 19 nitrogen and oxygen atoms in total. The molecule has 76 heavy (non-hydrogen) atoms. The van der Waals surface area contributed by atoms with Crippen LogP contribution in [-0.2, 0) is 54.7 Å². The Morgan fingerprint density at radius 2 is 1.74 bits per heavy atom. The van der Waals surface area contributed by atoms with Crippen LogP contribution in [0.5, 0.6) is 5.75 Å². The number of ether oxygens (including phenoxy) is 6. The number of nitrogens with one attached hydrogen (secondary N) is 2. The van der Waals surface area contributed by atoms with Crippen LogP contribution in [0.3, 0.4) is 0 Å². The SMILES string of the molecule is CC[C@]12CCCN3CCc4c(n(c5ccccc45)[C@@H](c4cc5c(cc4OC)NC4=C(C(=O)OC)[C@H](Nc6ncnc7c6ncn7[C@@H]6O[C@H](COC(C)=O)[C@@H](OC(C)=O)[C@H]6OC(C)=O)[C@]6(CC)C=CCN7CC[C@@]45[C@@H]76)C1)[C@@H]32. The van der Waals surface area contributed by atoms with Gasteiger partial charge < -0.3 is 43.6 Å². The number of carbonyl (C=O) groups is 4. The van der Waals surface area contributed by atoms with E-state index in [1.807, 2.05) is 0 Å². The lowest BCUT2D eigenvalue weighted by molar-refractivity contribution is -0.166. The first kappa shape index (κ1) is 48.8. The second kappa shape index (κ2) is 17.9. The van der Waals surface area contributed by atoms with Crippen LogP contribution in [0.15, 0.2) is 72.5 Å². The largest absolute Gasteiger partial charge is 0.496 e. The van der Waals surface area contributed by atoms with E-state index in [0.717, 1.165) is 69.0 Å². The number of anilines is 2. The Morgan fingerprint density at radius 1 is 0.921 bits per heavy atom. The fourth-order valence-corrected chi connectivity index (χ4v) is 16.0. The standard InChI is InChI=1S/C57H65N9O10/c1-8-55-17-12-20-63-22-16-34-33-14-10-11-15-38(33)66(44(34)49(55)63)39(26-55)35-24-36-37(25-40(35)71-6)61-48-42(53(70)72-7)47(56(9-2)18-13-21-64-23-19-57(36,48)54(56)64)62-50-43-51(59-28-58-50)65(29-60-43)52-46(75-32(5)69)45(74-31(4)68)41(76-52)27-73-30(3)67/h10-11,13-15,18,24-25,28-29,39,41,45-47,49,52,54,61H,8-9,12,16-17,19-23,26-27H2,1-7H3,(H,58,59,62)/t39-,41-,45-,46-,47+,49-,52-,54+,55+,56+,57+/m1/s1. The molecule has 19 heteroatoms. The van der Waals surface area contributed by atoms with Crippen molar-refractivity contribution in [1.29, 1.82) is 0 Å². The summed E-state index contributed by atoms with van der Waals surface area (Å²) in [6, 6.07) is 13.2. The van der Waals surface area contributed by atoms with Gasteiger partial charge in [-0.2, -0.15) is 0 Å². The van der Waals surface area contributed by atoms with Gasteiger partial charge in [-0.25, -0.2) is 19.7 Å². The topological polar surface area (TPSA) is 203 Å². The van der Waals surface area contributed by atoms with Gasteiger partial charge in [-0.05, 0) is 80.2 Å². The lowest BCUT2D eigenvalue weighted by Crippen LogP contribution is -2.65. The molecule has 3 fully saturated rings. The Labute approximate surface area is 440 Å². The zero-order valence-electron chi connectivity index (χ0n) is 44.1. The van der Waals surface area contributed by atoms with Crippen molar-refractivity contribution in [3.63, 3.8) is 0 Å². The molecule has 13 rings (SSSR count). The first-order valence-corrected chi connectivity index (χ1v) is 27.0. The molecule has 0 saturated carbocycles. The molecule has 8 aliphatic rings. The minimum atomic E-state index is -1.17. The van der Waals surface area contributed by atoms with Gasteiger partial charge in [0.05, 0.1) is 49.7 Å². The molecular weight excluding hydrogens is 971 g/mol. The number of benzene rings is 2. The highest BCUT2D eigenvalue weighted by molar-refractivity contribution is 5.97. The maximum atomic E-state index is 15.0. The molecule has 5 aromatic rings. The highest BCUT2D eigenvalue weighted by atomic mass is 16.7. The van der Waals surface area contributed by atoms with Crippen molar-refractivity contribution in [2.75, 3.05) is 57.6 Å². The fourth-order valence-electron chi connectivity index (χ4n) is 16.0. The van der Waals surface area contributed by atoms with Gasteiger partial charge in [-0.1, -0.05) is 44.2 Å². The number of esters is 4. The second-order valence-corrected chi connectivity index (χ2v) is 22.2. The van der Waals surface area contributed by atoms with Crippen molar-refractivity contribution in [2.24, 2.45) is 10.8 Å². The number of imidazole rings is 1. The normalized spacial score (nSPS) is 31.8. The lowest BCUT2D eigenvalue weighted by atomic mass is 9.53. The second-order valence-electron chi connectivity index (χ2n) is 22.2. The summed E-state index contributed by atoms with van der Waals surface area (Å²) in [4.78, 5) is 71.6. The number of rotatable bonds is 12. The number of carbonyl (C=O) groups excluding carboxylic acids is 4. The third-order valence-electron chi connectivity index (χ3n) is 18.8. The van der Waals surface area contributed by atoms with Gasteiger partial charge in [-0.15, -0.1) is 0 Å². The molecule has 11 atom stereocenters. The molecule has 0 radical (unpaired) electrons. The summed E-state index contributed by atoms with van der Waals surface area (Å²) in [6.07, 6.45) is 9.97. The molecule has 1 aliphatic carbocycles. The first-order valence-electron chi connectivity index (χ1n) is 27.0. The number of fused-ring (bicyclic) bond motifs is 5. The average Bonchev–Trinajstić information content (AvgIpc) is 4.43. The van der Waals surface area contributed by atoms with Gasteiger partial charge in [-0.3, -0.25) is 28.8 Å². The predicted molar refractivity (Wildman–Crippen MR) is 278 cm³/mol. The average molecular weight is 1040 g/mol. The summed E-state index contributed by atoms with van der Waals surface area (Å²) >= 11 is 0. The monoisotopic (exact) mass is 1040 g/mol. The van der Waals surface area contributed by atoms with E-state index in [9.17, 15) is 19.2 Å². The van der Waals surface area contributed by atoms with Gasteiger partial charge in [0.25, 0.3) is 0 Å². The van der Waals surface area contributed by atoms with Crippen LogP contribution in [0.1, 0.15) is 114 Å². The minimum absolute atomic E-state index is 0.0107. The zero-order chi connectivity index (χ0) is 52.6. The molecule has 2 N–H and O–H groups in total. The molecule has 1 spiro atoms. The van der Waals surface area contributed by atoms with Crippen molar-refractivity contribution in [3.8, 4) is 5.75 Å². The molecule has 3 saturated heterocycles. The number of hydrogen-bond acceptors (Lipinski definition) is 17. The van der Waals surface area contributed by atoms with E-state index >= 15 is 0 Å². The summed E-state index contributed by atoms with van der Waals surface area (Å²) in [5, 5.41) is 9.04. The van der Waals surface area contributed by atoms with Gasteiger partial charge in [0, 0.05) is 91.5 Å². The van der Waals surface area contributed by atoms with Gasteiger partial charge in [0.1, 0.15) is 24.8 Å². The van der Waals surface area contributed by atoms with Crippen LogP contribution in [0.4, 0.5) is 11.5 Å². The summed E-state index contributed by atoms with van der Waals surface area (Å²) in [5.74, 6) is -1.15. The van der Waals surface area contributed by atoms with Crippen LogP contribution in [0.2, 0.25) is 0 Å². The van der Waals surface area contributed by atoms with Gasteiger partial charge in [0.2, 0.25) is 0 Å². The van der Waals surface area contributed by atoms with E-state index in [1.165, 1.54) is 86.7 Å². The Hall–Kier alpha value is -6.83. The van der Waals surface area contributed by atoms with E-state index in [2.05, 4.69) is 92.4 Å². The predicted octanol–water partition coefficient (Wildman–Crippen LogP) is 6.82. The Bertz CT molecular complexity index is 3330. The van der Waals surface area contributed by atoms with Crippen molar-refractivity contribution >= 4 is 57.4 Å². The van der Waals surface area contributed by atoms with Gasteiger partial charge in [0.15, 0.2) is 35.4 Å².